The van der Waals surface area contributed by atoms with E-state index in [1.54, 1.807) is 18.2 Å². The number of likely N-dealkylation sites (tertiary alicyclic amines) is 1. The fraction of sp³-hybridized carbons (Fsp3) is 0.357. The second-order valence-electron chi connectivity index (χ2n) is 9.40. The van der Waals surface area contributed by atoms with Crippen molar-refractivity contribution in [1.29, 1.82) is 0 Å². The highest BCUT2D eigenvalue weighted by molar-refractivity contribution is 5.95. The summed E-state index contributed by atoms with van der Waals surface area (Å²) in [6, 6.07) is 17.8. The Morgan fingerprint density at radius 3 is 2.65 bits per heavy atom. The van der Waals surface area contributed by atoms with Gasteiger partial charge in [0.1, 0.15) is 5.82 Å². The number of pyridine rings is 1. The molecule has 1 unspecified atom stereocenters. The van der Waals surface area contributed by atoms with Crippen molar-refractivity contribution in [3.8, 4) is 11.1 Å². The number of amides is 1. The third-order valence-corrected chi connectivity index (χ3v) is 7.03. The van der Waals surface area contributed by atoms with Crippen LogP contribution in [0, 0.1) is 5.82 Å². The molecule has 2 saturated heterocycles. The minimum atomic E-state index is -0.272. The molecule has 3 aromatic rings. The van der Waals surface area contributed by atoms with Crippen molar-refractivity contribution >= 4 is 5.91 Å². The molecule has 1 aromatic heterocycles. The van der Waals surface area contributed by atoms with E-state index in [2.05, 4.69) is 21.3 Å². The molecule has 1 N–H and O–H groups in total. The molecular formula is C28H30FN3O2. The number of halogens is 1. The number of hydrogen-bond donors (Lipinski definition) is 1. The van der Waals surface area contributed by atoms with E-state index in [0.717, 1.165) is 56.4 Å². The van der Waals surface area contributed by atoms with Crippen LogP contribution >= 0.6 is 0 Å². The predicted octanol–water partition coefficient (Wildman–Crippen LogP) is 4.83. The first-order valence-electron chi connectivity index (χ1n) is 12.0. The van der Waals surface area contributed by atoms with Crippen LogP contribution in [0.3, 0.4) is 0 Å². The number of hydrogen-bond acceptors (Lipinski definition) is 4. The van der Waals surface area contributed by atoms with Crippen LogP contribution in [0.1, 0.15) is 41.6 Å². The number of piperidine rings is 1. The third-order valence-electron chi connectivity index (χ3n) is 7.03. The summed E-state index contributed by atoms with van der Waals surface area (Å²) in [4.78, 5) is 19.5. The average Bonchev–Trinajstić information content (AvgIpc) is 3.28. The number of benzene rings is 2. The zero-order chi connectivity index (χ0) is 23.4. The van der Waals surface area contributed by atoms with E-state index < -0.39 is 0 Å². The van der Waals surface area contributed by atoms with Gasteiger partial charge in [0, 0.05) is 44.1 Å². The summed E-state index contributed by atoms with van der Waals surface area (Å²) >= 11 is 0. The van der Waals surface area contributed by atoms with Crippen molar-refractivity contribution in [2.24, 2.45) is 0 Å². The highest BCUT2D eigenvalue weighted by atomic mass is 19.1. The fourth-order valence-electron chi connectivity index (χ4n) is 5.07. The van der Waals surface area contributed by atoms with Crippen molar-refractivity contribution < 1.29 is 13.9 Å². The van der Waals surface area contributed by atoms with Crippen LogP contribution in [-0.4, -0.2) is 47.1 Å². The molecule has 5 nitrogen and oxygen atoms in total. The van der Waals surface area contributed by atoms with Crippen LogP contribution in [0.25, 0.3) is 11.1 Å². The summed E-state index contributed by atoms with van der Waals surface area (Å²) in [5.41, 5.74) is 3.56. The van der Waals surface area contributed by atoms with Crippen LogP contribution in [-0.2, 0) is 11.3 Å². The number of carbonyl (C=O) groups is 1. The molecule has 2 aliphatic rings. The Hall–Kier alpha value is -3.09. The molecule has 176 valence electrons. The number of aromatic nitrogens is 1. The van der Waals surface area contributed by atoms with E-state index in [1.807, 2.05) is 36.7 Å². The first-order valence-corrected chi connectivity index (χ1v) is 12.0. The normalized spacial score (nSPS) is 19.9. The van der Waals surface area contributed by atoms with Crippen molar-refractivity contribution in [2.75, 3.05) is 19.6 Å². The summed E-state index contributed by atoms with van der Waals surface area (Å²) in [7, 11) is 0. The number of nitrogens with zero attached hydrogens (tertiary/aromatic N) is 2. The Labute approximate surface area is 200 Å². The Bertz CT molecular complexity index is 1110. The first-order chi connectivity index (χ1) is 16.6. The van der Waals surface area contributed by atoms with Gasteiger partial charge in [-0.3, -0.25) is 14.7 Å². The number of rotatable bonds is 6. The highest BCUT2D eigenvalue weighted by Gasteiger charge is 2.42. The molecule has 1 amide bonds. The van der Waals surface area contributed by atoms with Crippen molar-refractivity contribution in [3.63, 3.8) is 0 Å². The van der Waals surface area contributed by atoms with Gasteiger partial charge in [0.2, 0.25) is 0 Å². The molecule has 2 fully saturated rings. The summed E-state index contributed by atoms with van der Waals surface area (Å²) < 4.78 is 19.7. The Balaban J connectivity index is 1.11. The van der Waals surface area contributed by atoms with Gasteiger partial charge < -0.3 is 10.1 Å². The van der Waals surface area contributed by atoms with Gasteiger partial charge in [-0.25, -0.2) is 4.39 Å². The molecule has 0 aliphatic carbocycles. The molecule has 0 bridgehead atoms. The summed E-state index contributed by atoms with van der Waals surface area (Å²) in [6.07, 6.45) is 7.86. The maximum absolute atomic E-state index is 13.2. The quantitative estimate of drug-likeness (QED) is 0.574. The standard InChI is InChI=1S/C28H30FN3O2/c29-25-8-6-22(7-9-25)23-4-1-5-24(17-23)27(33)31-19-26-10-11-28(34-26)12-15-32(16-13-28)20-21-3-2-14-30-18-21/h1-9,14,17-18,26H,10-13,15-16,19-20H2,(H,31,33). The van der Waals surface area contributed by atoms with Gasteiger partial charge in [0.25, 0.3) is 5.91 Å². The van der Waals surface area contributed by atoms with Gasteiger partial charge in [-0.1, -0.05) is 30.3 Å². The fourth-order valence-corrected chi connectivity index (χ4v) is 5.07. The van der Waals surface area contributed by atoms with E-state index in [9.17, 15) is 9.18 Å². The van der Waals surface area contributed by atoms with Crippen LogP contribution in [0.2, 0.25) is 0 Å². The molecule has 6 heteroatoms. The van der Waals surface area contributed by atoms with E-state index in [4.69, 9.17) is 4.74 Å². The molecule has 34 heavy (non-hydrogen) atoms. The first kappa shape index (κ1) is 22.7. The Kier molecular flexibility index (Phi) is 6.70. The number of carbonyl (C=O) groups excluding carboxylic acids is 1. The molecule has 1 atom stereocenters. The van der Waals surface area contributed by atoms with Crippen molar-refractivity contribution in [1.82, 2.24) is 15.2 Å². The largest absolute Gasteiger partial charge is 0.370 e. The average molecular weight is 460 g/mol. The SMILES string of the molecule is O=C(NCC1CCC2(CCN(Cc3cccnc3)CC2)O1)c1cccc(-c2ccc(F)cc2)c1. The lowest BCUT2D eigenvalue weighted by Crippen LogP contribution is -2.44. The van der Waals surface area contributed by atoms with Gasteiger partial charge in [-0.15, -0.1) is 0 Å². The number of nitrogens with one attached hydrogen (secondary N) is 1. The maximum atomic E-state index is 13.2. The minimum Gasteiger partial charge on any atom is -0.370 e. The lowest BCUT2D eigenvalue weighted by atomic mass is 9.88. The molecule has 5 rings (SSSR count). The summed E-state index contributed by atoms with van der Waals surface area (Å²) in [5.74, 6) is -0.383. The zero-order valence-corrected chi connectivity index (χ0v) is 19.3. The lowest BCUT2D eigenvalue weighted by Gasteiger charge is -2.39. The van der Waals surface area contributed by atoms with Gasteiger partial charge in [0.15, 0.2) is 0 Å². The molecule has 1 spiro atoms. The van der Waals surface area contributed by atoms with Crippen LogP contribution in [0.4, 0.5) is 4.39 Å². The summed E-state index contributed by atoms with van der Waals surface area (Å²) in [6.45, 7) is 3.48. The van der Waals surface area contributed by atoms with Gasteiger partial charge >= 0.3 is 0 Å². The molecular weight excluding hydrogens is 429 g/mol. The summed E-state index contributed by atoms with van der Waals surface area (Å²) in [5, 5.41) is 3.05. The molecule has 3 heterocycles. The van der Waals surface area contributed by atoms with E-state index >= 15 is 0 Å². The van der Waals surface area contributed by atoms with Gasteiger partial charge in [-0.2, -0.15) is 0 Å². The zero-order valence-electron chi connectivity index (χ0n) is 19.3. The molecule has 0 radical (unpaired) electrons. The Morgan fingerprint density at radius 2 is 1.88 bits per heavy atom. The minimum absolute atomic E-state index is 0.0501. The van der Waals surface area contributed by atoms with Crippen LogP contribution in [0.15, 0.2) is 73.1 Å². The molecule has 2 aromatic carbocycles. The lowest BCUT2D eigenvalue weighted by molar-refractivity contribution is -0.0764. The van der Waals surface area contributed by atoms with Crippen LogP contribution < -0.4 is 5.32 Å². The van der Waals surface area contributed by atoms with E-state index in [1.165, 1.54) is 17.7 Å². The maximum Gasteiger partial charge on any atom is 0.251 e. The smallest absolute Gasteiger partial charge is 0.251 e. The molecule has 0 saturated carbocycles. The van der Waals surface area contributed by atoms with Crippen molar-refractivity contribution in [3.05, 3.63) is 90.0 Å². The van der Waals surface area contributed by atoms with E-state index in [-0.39, 0.29) is 23.4 Å². The topological polar surface area (TPSA) is 54.5 Å². The Morgan fingerprint density at radius 1 is 1.06 bits per heavy atom. The van der Waals surface area contributed by atoms with Gasteiger partial charge in [-0.05, 0) is 72.7 Å². The van der Waals surface area contributed by atoms with Gasteiger partial charge in [0.05, 0.1) is 11.7 Å². The van der Waals surface area contributed by atoms with Crippen molar-refractivity contribution in [2.45, 2.75) is 43.9 Å². The third kappa shape index (κ3) is 5.34. The van der Waals surface area contributed by atoms with Crippen LogP contribution in [0.5, 0.6) is 0 Å². The number of ether oxygens (including phenoxy) is 1. The second kappa shape index (κ2) is 10.0. The molecule has 2 aliphatic heterocycles. The highest BCUT2D eigenvalue weighted by Crippen LogP contribution is 2.39. The monoisotopic (exact) mass is 459 g/mol. The predicted molar refractivity (Wildman–Crippen MR) is 130 cm³/mol. The second-order valence-corrected chi connectivity index (χ2v) is 9.40. The van der Waals surface area contributed by atoms with E-state index in [0.29, 0.717) is 12.1 Å².